The Morgan fingerprint density at radius 1 is 1.25 bits per heavy atom. The number of cyclic esters (lactones) is 1. The second-order valence-electron chi connectivity index (χ2n) is 7.35. The van der Waals surface area contributed by atoms with Gasteiger partial charge in [-0.05, 0) is 36.7 Å². The molecule has 2 aliphatic rings. The van der Waals surface area contributed by atoms with Gasteiger partial charge in [-0.3, -0.25) is 24.0 Å². The van der Waals surface area contributed by atoms with Crippen LogP contribution in [0.25, 0.3) is 0 Å². The standard InChI is InChI=1S/C16H21BrN2O9/c1-9(20)18-15(17)7-27-19(11(15)22)16(6-5-10(21)28-16)13(24)26-8-25-12(23)14(2,3)4/h5-8H2,1-4H3,(H,18,20)/t15-,16?/m1/s1. The zero-order chi connectivity index (χ0) is 21.3. The number of rotatable bonds is 5. The molecule has 156 valence electrons. The number of esters is 3. The van der Waals surface area contributed by atoms with E-state index in [1.807, 2.05) is 0 Å². The maximum Gasteiger partial charge on any atom is 0.377 e. The molecule has 0 aromatic heterocycles. The minimum Gasteiger partial charge on any atom is -0.427 e. The molecule has 0 aromatic rings. The average Bonchev–Trinajstić information content (AvgIpc) is 3.08. The van der Waals surface area contributed by atoms with Crippen LogP contribution in [-0.2, 0) is 43.0 Å². The summed E-state index contributed by atoms with van der Waals surface area (Å²) in [6.07, 6.45) is -0.397. The first-order chi connectivity index (χ1) is 12.8. The summed E-state index contributed by atoms with van der Waals surface area (Å²) in [5.74, 6) is -3.89. The molecule has 0 spiro atoms. The van der Waals surface area contributed by atoms with E-state index in [1.54, 1.807) is 20.8 Å². The summed E-state index contributed by atoms with van der Waals surface area (Å²) in [6.45, 7) is 4.96. The third kappa shape index (κ3) is 4.27. The minimum atomic E-state index is -2.18. The number of nitrogens with zero attached hydrogens (tertiary/aromatic N) is 1. The van der Waals surface area contributed by atoms with Crippen molar-refractivity contribution >= 4 is 45.7 Å². The molecule has 1 N–H and O–H groups in total. The molecule has 2 fully saturated rings. The van der Waals surface area contributed by atoms with Gasteiger partial charge in [-0.25, -0.2) is 4.79 Å². The molecule has 2 amide bonds. The van der Waals surface area contributed by atoms with Gasteiger partial charge in [0.2, 0.25) is 17.1 Å². The van der Waals surface area contributed by atoms with Crippen molar-refractivity contribution in [2.24, 2.45) is 5.41 Å². The van der Waals surface area contributed by atoms with Crippen LogP contribution in [0.1, 0.15) is 40.5 Å². The predicted octanol–water partition coefficient (Wildman–Crippen LogP) is 0.111. The van der Waals surface area contributed by atoms with Crippen LogP contribution in [0, 0.1) is 5.41 Å². The zero-order valence-electron chi connectivity index (χ0n) is 15.8. The number of nitrogens with one attached hydrogen (secondary N) is 1. The van der Waals surface area contributed by atoms with E-state index in [4.69, 9.17) is 19.0 Å². The van der Waals surface area contributed by atoms with Crippen molar-refractivity contribution in [3.63, 3.8) is 0 Å². The first-order valence-electron chi connectivity index (χ1n) is 8.33. The lowest BCUT2D eigenvalue weighted by atomic mass is 9.98. The molecule has 2 saturated heterocycles. The van der Waals surface area contributed by atoms with Crippen molar-refractivity contribution in [2.45, 2.75) is 50.7 Å². The number of hydrogen-bond acceptors (Lipinski definition) is 9. The van der Waals surface area contributed by atoms with Crippen LogP contribution in [0.2, 0.25) is 0 Å². The molecule has 2 rings (SSSR count). The Hall–Kier alpha value is -2.21. The molecule has 0 aliphatic carbocycles. The summed E-state index contributed by atoms with van der Waals surface area (Å²) in [5, 5.41) is 2.93. The maximum atomic E-state index is 12.7. The fourth-order valence-electron chi connectivity index (χ4n) is 2.47. The number of amides is 2. The first-order valence-corrected chi connectivity index (χ1v) is 9.13. The van der Waals surface area contributed by atoms with Crippen LogP contribution in [0.15, 0.2) is 0 Å². The van der Waals surface area contributed by atoms with E-state index in [1.165, 1.54) is 6.92 Å². The van der Waals surface area contributed by atoms with E-state index in [0.717, 1.165) is 0 Å². The van der Waals surface area contributed by atoms with Crippen molar-refractivity contribution in [3.05, 3.63) is 0 Å². The molecular weight excluding hydrogens is 444 g/mol. The van der Waals surface area contributed by atoms with Crippen LogP contribution < -0.4 is 5.32 Å². The SMILES string of the molecule is CC(=O)N[C@]1(Br)CON(C2(C(=O)OCOC(=O)C(C)(C)C)CCC(=O)O2)C1=O. The van der Waals surface area contributed by atoms with Crippen molar-refractivity contribution in [3.8, 4) is 0 Å². The molecule has 0 bridgehead atoms. The molecule has 2 heterocycles. The fraction of sp³-hybridized carbons (Fsp3) is 0.688. The molecular formula is C16H21BrN2O9. The third-order valence-electron chi connectivity index (χ3n) is 3.88. The summed E-state index contributed by atoms with van der Waals surface area (Å²) in [6, 6.07) is 0. The number of carbonyl (C=O) groups excluding carboxylic acids is 5. The van der Waals surface area contributed by atoms with E-state index in [9.17, 15) is 24.0 Å². The number of alkyl halides is 1. The number of ether oxygens (including phenoxy) is 3. The number of hydroxylamine groups is 2. The Kier molecular flexibility index (Phi) is 6.04. The summed E-state index contributed by atoms with van der Waals surface area (Å²) < 4.78 is 13.2. The molecule has 2 aliphatic heterocycles. The van der Waals surface area contributed by atoms with Gasteiger partial charge < -0.3 is 19.5 Å². The average molecular weight is 465 g/mol. The highest BCUT2D eigenvalue weighted by Crippen LogP contribution is 2.38. The van der Waals surface area contributed by atoms with E-state index in [-0.39, 0.29) is 19.4 Å². The van der Waals surface area contributed by atoms with Crippen LogP contribution >= 0.6 is 15.9 Å². The normalized spacial score (nSPS) is 27.4. The lowest BCUT2D eigenvalue weighted by Crippen LogP contribution is -2.59. The Morgan fingerprint density at radius 2 is 1.89 bits per heavy atom. The molecule has 0 aromatic carbocycles. The van der Waals surface area contributed by atoms with Crippen molar-refractivity contribution < 1.29 is 43.0 Å². The summed E-state index contributed by atoms with van der Waals surface area (Å²) >= 11 is 3.07. The molecule has 28 heavy (non-hydrogen) atoms. The van der Waals surface area contributed by atoms with Crippen LogP contribution in [0.3, 0.4) is 0 Å². The molecule has 11 nitrogen and oxygen atoms in total. The van der Waals surface area contributed by atoms with Crippen LogP contribution in [0.5, 0.6) is 0 Å². The van der Waals surface area contributed by atoms with Gasteiger partial charge in [-0.1, -0.05) is 0 Å². The van der Waals surface area contributed by atoms with Crippen LogP contribution in [-0.4, -0.2) is 58.4 Å². The van der Waals surface area contributed by atoms with Gasteiger partial charge in [0, 0.05) is 13.3 Å². The van der Waals surface area contributed by atoms with Crippen LogP contribution in [0.4, 0.5) is 0 Å². The first kappa shape index (κ1) is 22.1. The Morgan fingerprint density at radius 3 is 2.39 bits per heavy atom. The third-order valence-corrected chi connectivity index (χ3v) is 4.65. The zero-order valence-corrected chi connectivity index (χ0v) is 17.4. The van der Waals surface area contributed by atoms with Crippen molar-refractivity contribution in [1.29, 1.82) is 0 Å². The molecule has 0 radical (unpaired) electrons. The van der Waals surface area contributed by atoms with E-state index in [2.05, 4.69) is 21.2 Å². The predicted molar refractivity (Wildman–Crippen MR) is 92.8 cm³/mol. The smallest absolute Gasteiger partial charge is 0.377 e. The monoisotopic (exact) mass is 464 g/mol. The maximum absolute atomic E-state index is 12.7. The lowest BCUT2D eigenvalue weighted by molar-refractivity contribution is -0.262. The minimum absolute atomic E-state index is 0.167. The summed E-state index contributed by atoms with van der Waals surface area (Å²) in [4.78, 5) is 65.4. The van der Waals surface area contributed by atoms with E-state index in [0.29, 0.717) is 5.06 Å². The second kappa shape index (κ2) is 7.66. The highest BCUT2D eigenvalue weighted by Gasteiger charge is 2.63. The Labute approximate surface area is 169 Å². The van der Waals surface area contributed by atoms with Gasteiger partial charge in [0.15, 0.2) is 0 Å². The highest BCUT2D eigenvalue weighted by atomic mass is 79.9. The van der Waals surface area contributed by atoms with Gasteiger partial charge in [0.1, 0.15) is 6.61 Å². The van der Waals surface area contributed by atoms with Crippen molar-refractivity contribution in [2.75, 3.05) is 13.4 Å². The molecule has 0 saturated carbocycles. The summed E-state index contributed by atoms with van der Waals surface area (Å²) in [7, 11) is 0. The molecule has 2 atom stereocenters. The fourth-order valence-corrected chi connectivity index (χ4v) is 3.01. The van der Waals surface area contributed by atoms with Gasteiger partial charge in [0.05, 0.1) is 11.8 Å². The van der Waals surface area contributed by atoms with Gasteiger partial charge in [-0.2, -0.15) is 5.06 Å². The van der Waals surface area contributed by atoms with E-state index >= 15 is 0 Å². The van der Waals surface area contributed by atoms with Gasteiger partial charge in [0.25, 0.3) is 5.91 Å². The number of carbonyl (C=O) groups is 5. The number of halogens is 1. The largest absolute Gasteiger partial charge is 0.427 e. The quantitative estimate of drug-likeness (QED) is 0.260. The topological polar surface area (TPSA) is 138 Å². The summed E-state index contributed by atoms with van der Waals surface area (Å²) in [5.41, 5.74) is -3.00. The highest BCUT2D eigenvalue weighted by molar-refractivity contribution is 9.10. The van der Waals surface area contributed by atoms with Gasteiger partial charge >= 0.3 is 23.6 Å². The number of hydrogen-bond donors (Lipinski definition) is 1. The lowest BCUT2D eigenvalue weighted by Gasteiger charge is -2.32. The second-order valence-corrected chi connectivity index (χ2v) is 8.70. The Balaban J connectivity index is 2.15. The van der Waals surface area contributed by atoms with Crippen molar-refractivity contribution in [1.82, 2.24) is 10.4 Å². The molecule has 1 unspecified atom stereocenters. The van der Waals surface area contributed by atoms with E-state index < -0.39 is 52.1 Å². The molecule has 12 heteroatoms. The Bertz CT molecular complexity index is 719. The van der Waals surface area contributed by atoms with Gasteiger partial charge in [-0.15, -0.1) is 0 Å².